The summed E-state index contributed by atoms with van der Waals surface area (Å²) in [5, 5.41) is 1.98. The number of fused-ring (bicyclic) bond motifs is 1. The van der Waals surface area contributed by atoms with Crippen LogP contribution in [-0.2, 0) is 9.47 Å². The predicted molar refractivity (Wildman–Crippen MR) is 78.1 cm³/mol. The average Bonchev–Trinajstić information content (AvgIpc) is 2.47. The van der Waals surface area contributed by atoms with E-state index in [1.54, 1.807) is 6.07 Å². The van der Waals surface area contributed by atoms with Gasteiger partial charge in [-0.15, -0.1) is 0 Å². The molecule has 0 aliphatic rings. The highest BCUT2D eigenvalue weighted by Gasteiger charge is 2.12. The molecule has 0 saturated carbocycles. The summed E-state index contributed by atoms with van der Waals surface area (Å²) in [6.07, 6.45) is 0.940. The van der Waals surface area contributed by atoms with Crippen molar-refractivity contribution in [3.8, 4) is 0 Å². The van der Waals surface area contributed by atoms with Crippen molar-refractivity contribution in [3.63, 3.8) is 0 Å². The molecule has 0 amide bonds. The average molecular weight is 294 g/mol. The maximum atomic E-state index is 11.9. The largest absolute Gasteiger partial charge is 0.459 e. The summed E-state index contributed by atoms with van der Waals surface area (Å²) in [6, 6.07) is 9.17. The molecule has 106 valence electrons. The predicted octanol–water partition coefficient (Wildman–Crippen LogP) is 3.47. The van der Waals surface area contributed by atoms with E-state index in [9.17, 15) is 4.79 Å². The van der Waals surface area contributed by atoms with Crippen LogP contribution in [0.1, 0.15) is 23.8 Å². The quantitative estimate of drug-likeness (QED) is 0.465. The first kappa shape index (κ1) is 14.8. The van der Waals surface area contributed by atoms with E-state index in [1.807, 2.05) is 31.2 Å². The molecule has 0 aliphatic carbocycles. The van der Waals surface area contributed by atoms with Gasteiger partial charge in [-0.1, -0.05) is 42.8 Å². The van der Waals surface area contributed by atoms with E-state index >= 15 is 0 Å². The summed E-state index contributed by atoms with van der Waals surface area (Å²) in [5.74, 6) is -0.488. The Bertz CT molecular complexity index is 601. The smallest absolute Gasteiger partial charge is 0.357 e. The maximum Gasteiger partial charge on any atom is 0.357 e. The van der Waals surface area contributed by atoms with E-state index in [0.29, 0.717) is 18.4 Å². The molecule has 0 radical (unpaired) electrons. The number of pyridine rings is 1. The monoisotopic (exact) mass is 293 g/mol. The zero-order chi connectivity index (χ0) is 14.4. The van der Waals surface area contributed by atoms with E-state index in [2.05, 4.69) is 4.98 Å². The molecule has 0 atom stereocenters. The fourth-order valence-electron chi connectivity index (χ4n) is 1.77. The van der Waals surface area contributed by atoms with Crippen LogP contribution in [0.5, 0.6) is 0 Å². The summed E-state index contributed by atoms with van der Waals surface area (Å²) >= 11 is 6.07. The number of hydrogen-bond acceptors (Lipinski definition) is 4. The second-order valence-electron chi connectivity index (χ2n) is 4.27. The summed E-state index contributed by atoms with van der Waals surface area (Å²) in [4.78, 5) is 15.9. The van der Waals surface area contributed by atoms with Gasteiger partial charge in [-0.2, -0.15) is 0 Å². The van der Waals surface area contributed by atoms with Gasteiger partial charge in [0.1, 0.15) is 11.8 Å². The summed E-state index contributed by atoms with van der Waals surface area (Å²) in [5.41, 5.74) is 0.212. The summed E-state index contributed by atoms with van der Waals surface area (Å²) in [6.45, 7) is 3.29. The third-order valence-electron chi connectivity index (χ3n) is 2.71. The Kier molecular flexibility index (Phi) is 5.32. The van der Waals surface area contributed by atoms with Crippen molar-refractivity contribution in [1.29, 1.82) is 0 Å². The van der Waals surface area contributed by atoms with Crippen LogP contribution in [-0.4, -0.2) is 30.8 Å². The van der Waals surface area contributed by atoms with E-state index < -0.39 is 5.97 Å². The van der Waals surface area contributed by atoms with E-state index in [4.69, 9.17) is 21.1 Å². The SMILES string of the molecule is CCCOCCOC(=O)c1cc2ccccc2c(Cl)n1. The van der Waals surface area contributed by atoms with Crippen molar-refractivity contribution < 1.29 is 14.3 Å². The van der Waals surface area contributed by atoms with Gasteiger partial charge in [0.2, 0.25) is 0 Å². The number of benzene rings is 1. The van der Waals surface area contributed by atoms with Gasteiger partial charge in [-0.3, -0.25) is 0 Å². The van der Waals surface area contributed by atoms with Crippen LogP contribution in [0, 0.1) is 0 Å². The normalized spacial score (nSPS) is 10.7. The highest BCUT2D eigenvalue weighted by molar-refractivity contribution is 6.34. The Hall–Kier alpha value is -1.65. The number of ether oxygens (including phenoxy) is 2. The molecule has 0 aliphatic heterocycles. The first-order valence-electron chi connectivity index (χ1n) is 6.52. The Labute approximate surface area is 122 Å². The minimum atomic E-state index is -0.488. The molecule has 0 bridgehead atoms. The van der Waals surface area contributed by atoms with Gasteiger partial charge in [0.05, 0.1) is 6.61 Å². The molecule has 0 spiro atoms. The lowest BCUT2D eigenvalue weighted by atomic mass is 10.1. The van der Waals surface area contributed by atoms with E-state index in [0.717, 1.165) is 17.2 Å². The first-order valence-corrected chi connectivity index (χ1v) is 6.90. The Morgan fingerprint density at radius 3 is 2.85 bits per heavy atom. The second-order valence-corrected chi connectivity index (χ2v) is 4.63. The lowest BCUT2D eigenvalue weighted by Gasteiger charge is -2.06. The zero-order valence-electron chi connectivity index (χ0n) is 11.3. The molecule has 2 aromatic rings. The van der Waals surface area contributed by atoms with Crippen LogP contribution in [0.15, 0.2) is 30.3 Å². The molecule has 20 heavy (non-hydrogen) atoms. The number of nitrogens with zero attached hydrogens (tertiary/aromatic N) is 1. The molecule has 0 N–H and O–H groups in total. The number of hydrogen-bond donors (Lipinski definition) is 0. The number of halogens is 1. The van der Waals surface area contributed by atoms with Gasteiger partial charge in [0.25, 0.3) is 0 Å². The van der Waals surface area contributed by atoms with Gasteiger partial charge >= 0.3 is 5.97 Å². The molecule has 1 heterocycles. The summed E-state index contributed by atoms with van der Waals surface area (Å²) < 4.78 is 10.3. The summed E-state index contributed by atoms with van der Waals surface area (Å²) in [7, 11) is 0. The van der Waals surface area contributed by atoms with Crippen LogP contribution < -0.4 is 0 Å². The minimum Gasteiger partial charge on any atom is -0.459 e. The molecular weight excluding hydrogens is 278 g/mol. The van der Waals surface area contributed by atoms with Crippen LogP contribution >= 0.6 is 11.6 Å². The van der Waals surface area contributed by atoms with Crippen LogP contribution in [0.4, 0.5) is 0 Å². The lowest BCUT2D eigenvalue weighted by Crippen LogP contribution is -2.12. The van der Waals surface area contributed by atoms with Crippen LogP contribution in [0.25, 0.3) is 10.8 Å². The maximum absolute atomic E-state index is 11.9. The lowest BCUT2D eigenvalue weighted by molar-refractivity contribution is 0.0313. The zero-order valence-corrected chi connectivity index (χ0v) is 12.0. The number of aromatic nitrogens is 1. The molecule has 0 fully saturated rings. The van der Waals surface area contributed by atoms with Gasteiger partial charge in [-0.05, 0) is 17.9 Å². The van der Waals surface area contributed by atoms with Gasteiger partial charge in [0.15, 0.2) is 5.69 Å². The van der Waals surface area contributed by atoms with Gasteiger partial charge < -0.3 is 9.47 Å². The van der Waals surface area contributed by atoms with E-state index in [-0.39, 0.29) is 12.3 Å². The van der Waals surface area contributed by atoms with Gasteiger partial charge in [0, 0.05) is 12.0 Å². The first-order chi connectivity index (χ1) is 9.72. The fourth-order valence-corrected chi connectivity index (χ4v) is 2.04. The Balaban J connectivity index is 2.03. The molecular formula is C15H16ClNO3. The molecule has 0 saturated heterocycles. The number of rotatable bonds is 6. The van der Waals surface area contributed by atoms with Gasteiger partial charge in [-0.25, -0.2) is 9.78 Å². The molecule has 0 unspecified atom stereocenters. The van der Waals surface area contributed by atoms with Crippen molar-refractivity contribution in [2.45, 2.75) is 13.3 Å². The molecule has 4 nitrogen and oxygen atoms in total. The fraction of sp³-hybridized carbons (Fsp3) is 0.333. The second kappa shape index (κ2) is 7.22. The Morgan fingerprint density at radius 1 is 1.25 bits per heavy atom. The Morgan fingerprint density at radius 2 is 2.05 bits per heavy atom. The van der Waals surface area contributed by atoms with Crippen molar-refractivity contribution in [1.82, 2.24) is 4.98 Å². The highest BCUT2D eigenvalue weighted by atomic mass is 35.5. The van der Waals surface area contributed by atoms with Crippen LogP contribution in [0.3, 0.4) is 0 Å². The van der Waals surface area contributed by atoms with Crippen molar-refractivity contribution in [3.05, 3.63) is 41.2 Å². The third-order valence-corrected chi connectivity index (χ3v) is 3.00. The number of esters is 1. The highest BCUT2D eigenvalue weighted by Crippen LogP contribution is 2.22. The van der Waals surface area contributed by atoms with E-state index in [1.165, 1.54) is 0 Å². The van der Waals surface area contributed by atoms with Crippen LogP contribution in [0.2, 0.25) is 5.15 Å². The number of carbonyl (C=O) groups excluding carboxylic acids is 1. The topological polar surface area (TPSA) is 48.4 Å². The standard InChI is InChI=1S/C15H16ClNO3/c1-2-7-19-8-9-20-15(18)13-10-11-5-3-4-6-12(11)14(16)17-13/h3-6,10H,2,7-9H2,1H3. The van der Waals surface area contributed by atoms with Crippen molar-refractivity contribution in [2.75, 3.05) is 19.8 Å². The molecule has 1 aromatic carbocycles. The third kappa shape index (κ3) is 3.68. The van der Waals surface area contributed by atoms with Crippen molar-refractivity contribution >= 4 is 28.3 Å². The number of carbonyl (C=O) groups is 1. The van der Waals surface area contributed by atoms with Crippen molar-refractivity contribution in [2.24, 2.45) is 0 Å². The molecule has 2 rings (SSSR count). The minimum absolute atomic E-state index is 0.212. The molecule has 5 heteroatoms. The molecule has 1 aromatic heterocycles.